The van der Waals surface area contributed by atoms with Crippen LogP contribution in [-0.4, -0.2) is 42.7 Å². The van der Waals surface area contributed by atoms with Crippen molar-refractivity contribution < 1.29 is 32.3 Å². The number of imide groups is 1. The van der Waals surface area contributed by atoms with E-state index in [-0.39, 0.29) is 13.1 Å². The fourth-order valence-corrected chi connectivity index (χ4v) is 1.91. The molecule has 0 aromatic heterocycles. The molecule has 2 atom stereocenters. The van der Waals surface area contributed by atoms with Gasteiger partial charge >= 0.3 is 12.1 Å². The average Bonchev–Trinajstić information content (AvgIpc) is 2.68. The van der Waals surface area contributed by atoms with Gasteiger partial charge in [0.05, 0.1) is 0 Å². The summed E-state index contributed by atoms with van der Waals surface area (Å²) < 4.78 is 40.4. The number of ether oxygens (including phenoxy) is 1. The third-order valence-corrected chi connectivity index (χ3v) is 2.74. The maximum Gasteiger partial charge on any atom is 0.490 e. The van der Waals surface area contributed by atoms with Gasteiger partial charge in [-0.2, -0.15) is 13.2 Å². The first-order valence-corrected chi connectivity index (χ1v) is 4.63. The highest BCUT2D eigenvalue weighted by atomic mass is 19.4. The molecule has 2 heterocycles. The Hall–Kier alpha value is -1.64. The van der Waals surface area contributed by atoms with E-state index in [1.54, 1.807) is 0 Å². The molecule has 0 aromatic carbocycles. The Morgan fingerprint density at radius 3 is 2.65 bits per heavy atom. The molecule has 0 saturated carbocycles. The third-order valence-electron chi connectivity index (χ3n) is 2.74. The predicted molar refractivity (Wildman–Crippen MR) is 44.4 cm³/mol. The second kappa shape index (κ2) is 3.42. The van der Waals surface area contributed by atoms with Crippen LogP contribution in [0.3, 0.4) is 0 Å². The summed E-state index contributed by atoms with van der Waals surface area (Å²) >= 11 is 0. The zero-order valence-corrected chi connectivity index (χ0v) is 8.26. The van der Waals surface area contributed by atoms with Gasteiger partial charge in [0.1, 0.15) is 5.92 Å². The molecule has 2 aliphatic rings. The first-order valence-electron chi connectivity index (χ1n) is 4.63. The minimum Gasteiger partial charge on any atom is -0.440 e. The Morgan fingerprint density at radius 1 is 1.41 bits per heavy atom. The van der Waals surface area contributed by atoms with Crippen LogP contribution in [-0.2, 0) is 19.1 Å². The van der Waals surface area contributed by atoms with E-state index in [2.05, 4.69) is 10.1 Å². The number of nitrogens with one attached hydrogen (secondary N) is 2. The first kappa shape index (κ1) is 11.8. The number of esters is 1. The normalized spacial score (nSPS) is 32.3. The van der Waals surface area contributed by atoms with Gasteiger partial charge in [0.15, 0.2) is 0 Å². The summed E-state index contributed by atoms with van der Waals surface area (Å²) in [6, 6.07) is 0. The highest BCUT2D eigenvalue weighted by Crippen LogP contribution is 2.33. The van der Waals surface area contributed by atoms with Gasteiger partial charge in [0.2, 0.25) is 11.5 Å². The lowest BCUT2D eigenvalue weighted by Crippen LogP contribution is -2.50. The summed E-state index contributed by atoms with van der Waals surface area (Å²) in [4.78, 5) is 33.4. The van der Waals surface area contributed by atoms with Crippen LogP contribution in [0.15, 0.2) is 0 Å². The predicted octanol–water partition coefficient (Wildman–Crippen LogP) is -1.29. The molecule has 0 spiro atoms. The summed E-state index contributed by atoms with van der Waals surface area (Å²) in [7, 11) is 0. The van der Waals surface area contributed by atoms with Crippen molar-refractivity contribution in [3.8, 4) is 0 Å². The molecule has 2 fully saturated rings. The summed E-state index contributed by atoms with van der Waals surface area (Å²) in [5.41, 5.74) is -2.07. The molecule has 0 aliphatic carbocycles. The molecule has 2 N–H and O–H groups in total. The molecule has 6 nitrogen and oxygen atoms in total. The van der Waals surface area contributed by atoms with E-state index < -0.39 is 35.5 Å². The van der Waals surface area contributed by atoms with Crippen molar-refractivity contribution >= 4 is 17.8 Å². The second-order valence-corrected chi connectivity index (χ2v) is 3.78. The number of carbonyl (C=O) groups is 3. The van der Waals surface area contributed by atoms with Gasteiger partial charge < -0.3 is 10.1 Å². The van der Waals surface area contributed by atoms with Crippen LogP contribution in [0.1, 0.15) is 0 Å². The minimum absolute atomic E-state index is 0.0112. The summed E-state index contributed by atoms with van der Waals surface area (Å²) in [5, 5.41) is 4.41. The van der Waals surface area contributed by atoms with Crippen LogP contribution in [0.25, 0.3) is 0 Å². The lowest BCUT2D eigenvalue weighted by Gasteiger charge is -2.24. The van der Waals surface area contributed by atoms with E-state index in [0.717, 1.165) is 0 Å². The second-order valence-electron chi connectivity index (χ2n) is 3.78. The van der Waals surface area contributed by atoms with Gasteiger partial charge in [-0.05, 0) is 0 Å². The molecule has 0 aromatic rings. The number of alkyl halides is 3. The Kier molecular flexibility index (Phi) is 2.38. The Bertz CT molecular complexity index is 408. The lowest BCUT2D eigenvalue weighted by molar-refractivity contribution is -0.213. The van der Waals surface area contributed by atoms with Crippen molar-refractivity contribution in [3.05, 3.63) is 0 Å². The van der Waals surface area contributed by atoms with Crippen molar-refractivity contribution in [2.24, 2.45) is 5.92 Å². The zero-order chi connectivity index (χ0) is 12.8. The van der Waals surface area contributed by atoms with E-state index >= 15 is 0 Å². The standard InChI is InChI=1S/C8H7F3N2O4/c9-8(10,11)6(16)17-7-2-12-1-3(7)4(14)13-5(7)15/h3,12H,1-2H2,(H,13,14,15). The van der Waals surface area contributed by atoms with Crippen LogP contribution >= 0.6 is 0 Å². The molecule has 2 amide bonds. The van der Waals surface area contributed by atoms with Crippen LogP contribution in [0.5, 0.6) is 0 Å². The van der Waals surface area contributed by atoms with Gasteiger partial charge in [0, 0.05) is 13.1 Å². The molecule has 0 bridgehead atoms. The molecule has 9 heteroatoms. The maximum atomic E-state index is 12.1. The summed E-state index contributed by atoms with van der Waals surface area (Å²) in [5.74, 6) is -5.34. The lowest BCUT2D eigenvalue weighted by atomic mass is 9.93. The fraction of sp³-hybridized carbons (Fsp3) is 0.625. The first-order chi connectivity index (χ1) is 7.77. The van der Waals surface area contributed by atoms with Gasteiger partial charge in [-0.1, -0.05) is 0 Å². The molecular weight excluding hydrogens is 245 g/mol. The number of fused-ring (bicyclic) bond motifs is 1. The summed E-state index contributed by atoms with van der Waals surface area (Å²) in [6.07, 6.45) is -5.20. The Labute approximate surface area is 92.5 Å². The average molecular weight is 252 g/mol. The monoisotopic (exact) mass is 252 g/mol. The molecular formula is C8H7F3N2O4. The largest absolute Gasteiger partial charge is 0.490 e. The van der Waals surface area contributed by atoms with Gasteiger partial charge in [-0.15, -0.1) is 0 Å². The van der Waals surface area contributed by atoms with Crippen molar-refractivity contribution in [2.75, 3.05) is 13.1 Å². The Balaban J connectivity index is 2.26. The van der Waals surface area contributed by atoms with Crippen LogP contribution in [0.2, 0.25) is 0 Å². The quantitative estimate of drug-likeness (QED) is 0.448. The molecule has 2 unspecified atom stereocenters. The molecule has 17 heavy (non-hydrogen) atoms. The van der Waals surface area contributed by atoms with E-state index in [0.29, 0.717) is 0 Å². The molecule has 2 rings (SSSR count). The summed E-state index contributed by atoms with van der Waals surface area (Å²) in [6.45, 7) is -0.320. The van der Waals surface area contributed by atoms with Gasteiger partial charge in [-0.25, -0.2) is 4.79 Å². The van der Waals surface area contributed by atoms with Gasteiger partial charge in [-0.3, -0.25) is 14.9 Å². The highest BCUT2D eigenvalue weighted by Gasteiger charge is 2.63. The zero-order valence-electron chi connectivity index (χ0n) is 8.26. The number of halogens is 3. The van der Waals surface area contributed by atoms with Crippen molar-refractivity contribution in [3.63, 3.8) is 0 Å². The number of carbonyl (C=O) groups excluding carboxylic acids is 3. The van der Waals surface area contributed by atoms with Crippen molar-refractivity contribution in [2.45, 2.75) is 11.8 Å². The van der Waals surface area contributed by atoms with E-state index in [1.165, 1.54) is 0 Å². The maximum absolute atomic E-state index is 12.1. The van der Waals surface area contributed by atoms with E-state index in [4.69, 9.17) is 0 Å². The number of hydrogen-bond acceptors (Lipinski definition) is 5. The van der Waals surface area contributed by atoms with E-state index in [1.807, 2.05) is 5.32 Å². The number of rotatable bonds is 1. The van der Waals surface area contributed by atoms with E-state index in [9.17, 15) is 27.6 Å². The molecule has 2 aliphatic heterocycles. The molecule has 0 radical (unpaired) electrons. The fourth-order valence-electron chi connectivity index (χ4n) is 1.91. The number of hydrogen-bond donors (Lipinski definition) is 2. The van der Waals surface area contributed by atoms with Crippen LogP contribution in [0, 0.1) is 5.92 Å². The smallest absolute Gasteiger partial charge is 0.440 e. The highest BCUT2D eigenvalue weighted by molar-refractivity contribution is 6.10. The molecule has 2 saturated heterocycles. The molecule has 94 valence electrons. The minimum atomic E-state index is -5.20. The van der Waals surface area contributed by atoms with Crippen LogP contribution in [0.4, 0.5) is 13.2 Å². The Morgan fingerprint density at radius 2 is 2.06 bits per heavy atom. The topological polar surface area (TPSA) is 84.5 Å². The number of amides is 2. The van der Waals surface area contributed by atoms with Gasteiger partial charge in [0.25, 0.3) is 5.91 Å². The van der Waals surface area contributed by atoms with Crippen LogP contribution < -0.4 is 10.6 Å². The SMILES string of the molecule is O=C1NC(=O)C2(OC(=O)C(F)(F)F)CNCC12. The van der Waals surface area contributed by atoms with Crippen molar-refractivity contribution in [1.82, 2.24) is 10.6 Å². The third kappa shape index (κ3) is 1.66. The van der Waals surface area contributed by atoms with Crippen molar-refractivity contribution in [1.29, 1.82) is 0 Å².